The highest BCUT2D eigenvalue weighted by Gasteiger charge is 2.14. The third-order valence-corrected chi connectivity index (χ3v) is 3.17. The quantitative estimate of drug-likeness (QED) is 0.890. The molecular weight excluding hydrogens is 263 g/mol. The van der Waals surface area contributed by atoms with Crippen molar-refractivity contribution < 1.29 is 4.39 Å². The Balaban J connectivity index is 2.25. The number of hydrogen-bond donors (Lipinski definition) is 2. The Morgan fingerprint density at radius 3 is 2.68 bits per heavy atom. The molecule has 0 aromatic heterocycles. The van der Waals surface area contributed by atoms with Crippen molar-refractivity contribution in [2.24, 2.45) is 5.73 Å². The lowest BCUT2D eigenvalue weighted by atomic mass is 10.1. The Morgan fingerprint density at radius 1 is 1.26 bits per heavy atom. The molecule has 3 N–H and O–H groups in total. The van der Waals surface area contributed by atoms with Gasteiger partial charge in [-0.1, -0.05) is 29.8 Å². The average Bonchev–Trinajstić information content (AvgIpc) is 2.37. The number of benzene rings is 2. The van der Waals surface area contributed by atoms with E-state index in [1.165, 1.54) is 6.07 Å². The van der Waals surface area contributed by atoms with Crippen LogP contribution in [0.15, 0.2) is 42.5 Å². The van der Waals surface area contributed by atoms with Gasteiger partial charge in [-0.15, -0.1) is 0 Å². The first-order valence-corrected chi connectivity index (χ1v) is 6.46. The van der Waals surface area contributed by atoms with Crippen molar-refractivity contribution in [2.75, 3.05) is 11.9 Å². The number of rotatable bonds is 4. The molecule has 1 unspecified atom stereocenters. The molecule has 0 spiro atoms. The van der Waals surface area contributed by atoms with Crippen LogP contribution in [0.1, 0.15) is 17.2 Å². The predicted octanol–water partition coefficient (Wildman–Crippen LogP) is 3.90. The van der Waals surface area contributed by atoms with Gasteiger partial charge in [-0.25, -0.2) is 4.39 Å². The maximum absolute atomic E-state index is 13.9. The van der Waals surface area contributed by atoms with E-state index in [0.717, 1.165) is 11.3 Å². The van der Waals surface area contributed by atoms with E-state index in [2.05, 4.69) is 5.32 Å². The van der Waals surface area contributed by atoms with Gasteiger partial charge < -0.3 is 11.1 Å². The van der Waals surface area contributed by atoms with Crippen molar-refractivity contribution in [3.05, 3.63) is 64.4 Å². The molecule has 0 aliphatic heterocycles. The molecule has 2 aromatic carbocycles. The smallest absolute Gasteiger partial charge is 0.130 e. The summed E-state index contributed by atoms with van der Waals surface area (Å²) in [7, 11) is 0. The van der Waals surface area contributed by atoms with Gasteiger partial charge in [0.15, 0.2) is 0 Å². The van der Waals surface area contributed by atoms with Crippen molar-refractivity contribution in [3.8, 4) is 0 Å². The van der Waals surface area contributed by atoms with E-state index in [1.54, 1.807) is 12.1 Å². The first-order valence-electron chi connectivity index (χ1n) is 6.08. The summed E-state index contributed by atoms with van der Waals surface area (Å²) < 4.78 is 13.9. The minimum absolute atomic E-state index is 0.279. The Bertz CT molecular complexity index is 572. The predicted molar refractivity (Wildman–Crippen MR) is 78.0 cm³/mol. The summed E-state index contributed by atoms with van der Waals surface area (Å²) in [4.78, 5) is 0. The first kappa shape index (κ1) is 13.8. The molecule has 0 bridgehead atoms. The fourth-order valence-electron chi connectivity index (χ4n) is 1.98. The maximum Gasteiger partial charge on any atom is 0.130 e. The van der Waals surface area contributed by atoms with Gasteiger partial charge in [0.1, 0.15) is 5.82 Å². The van der Waals surface area contributed by atoms with Crippen molar-refractivity contribution in [3.63, 3.8) is 0 Å². The van der Waals surface area contributed by atoms with Crippen LogP contribution in [0, 0.1) is 12.7 Å². The van der Waals surface area contributed by atoms with Crippen LogP contribution in [-0.4, -0.2) is 6.54 Å². The Morgan fingerprint density at radius 2 is 2.05 bits per heavy atom. The number of anilines is 1. The molecule has 0 saturated carbocycles. The minimum Gasteiger partial charge on any atom is -0.377 e. The lowest BCUT2D eigenvalue weighted by Crippen LogP contribution is -2.21. The third kappa shape index (κ3) is 3.46. The van der Waals surface area contributed by atoms with Gasteiger partial charge >= 0.3 is 0 Å². The van der Waals surface area contributed by atoms with Crippen LogP contribution in [0.5, 0.6) is 0 Å². The average molecular weight is 279 g/mol. The Kier molecular flexibility index (Phi) is 4.40. The van der Waals surface area contributed by atoms with Gasteiger partial charge in [0.05, 0.1) is 6.04 Å². The highest BCUT2D eigenvalue weighted by molar-refractivity contribution is 6.30. The first-order chi connectivity index (χ1) is 9.10. The Labute approximate surface area is 117 Å². The van der Waals surface area contributed by atoms with E-state index in [0.29, 0.717) is 17.1 Å². The molecule has 19 heavy (non-hydrogen) atoms. The minimum atomic E-state index is -0.344. The SMILES string of the molecule is Cc1cccc(NC(CN)c2ccc(Cl)cc2F)c1. The molecule has 100 valence electrons. The highest BCUT2D eigenvalue weighted by atomic mass is 35.5. The van der Waals surface area contributed by atoms with Crippen molar-refractivity contribution in [2.45, 2.75) is 13.0 Å². The number of nitrogens with one attached hydrogen (secondary N) is 1. The van der Waals surface area contributed by atoms with E-state index < -0.39 is 0 Å². The van der Waals surface area contributed by atoms with E-state index in [9.17, 15) is 4.39 Å². The highest BCUT2D eigenvalue weighted by Crippen LogP contribution is 2.24. The van der Waals surface area contributed by atoms with Crippen molar-refractivity contribution >= 4 is 17.3 Å². The molecule has 0 saturated heterocycles. The van der Waals surface area contributed by atoms with Crippen LogP contribution in [-0.2, 0) is 0 Å². The monoisotopic (exact) mass is 278 g/mol. The molecule has 2 aromatic rings. The lowest BCUT2D eigenvalue weighted by Gasteiger charge is -2.19. The van der Waals surface area contributed by atoms with Crippen LogP contribution in [0.4, 0.5) is 10.1 Å². The summed E-state index contributed by atoms with van der Waals surface area (Å²) in [6, 6.07) is 12.2. The summed E-state index contributed by atoms with van der Waals surface area (Å²) in [5, 5.41) is 3.62. The van der Waals surface area contributed by atoms with E-state index in [4.69, 9.17) is 17.3 Å². The standard InChI is InChI=1S/C15H16ClFN2/c1-10-3-2-4-12(7-10)19-15(9-18)13-6-5-11(16)8-14(13)17/h2-8,15,19H,9,18H2,1H3. The summed E-state index contributed by atoms with van der Waals surface area (Å²) >= 11 is 5.75. The molecule has 0 aliphatic carbocycles. The fourth-order valence-corrected chi connectivity index (χ4v) is 2.14. The summed E-state index contributed by atoms with van der Waals surface area (Å²) in [5.74, 6) is -0.344. The lowest BCUT2D eigenvalue weighted by molar-refractivity contribution is 0.593. The molecule has 2 rings (SSSR count). The van der Waals surface area contributed by atoms with E-state index in [1.807, 2.05) is 31.2 Å². The largest absolute Gasteiger partial charge is 0.377 e. The summed E-state index contributed by atoms with van der Waals surface area (Å²) in [6.07, 6.45) is 0. The molecule has 0 heterocycles. The number of aryl methyl sites for hydroxylation is 1. The molecule has 0 fully saturated rings. The number of hydrogen-bond acceptors (Lipinski definition) is 2. The molecule has 0 radical (unpaired) electrons. The number of nitrogens with two attached hydrogens (primary N) is 1. The maximum atomic E-state index is 13.9. The zero-order valence-electron chi connectivity index (χ0n) is 10.7. The molecule has 2 nitrogen and oxygen atoms in total. The molecule has 4 heteroatoms. The normalized spacial score (nSPS) is 12.2. The van der Waals surface area contributed by atoms with Gasteiger partial charge in [0, 0.05) is 22.8 Å². The molecular formula is C15H16ClFN2. The fraction of sp³-hybridized carbons (Fsp3) is 0.200. The van der Waals surface area contributed by atoms with Crippen molar-refractivity contribution in [1.82, 2.24) is 0 Å². The zero-order chi connectivity index (χ0) is 13.8. The van der Waals surface area contributed by atoms with Gasteiger partial charge in [-0.3, -0.25) is 0 Å². The van der Waals surface area contributed by atoms with Crippen LogP contribution >= 0.6 is 11.6 Å². The second kappa shape index (κ2) is 6.04. The van der Waals surface area contributed by atoms with E-state index in [-0.39, 0.29) is 11.9 Å². The van der Waals surface area contributed by atoms with Gasteiger partial charge in [-0.2, -0.15) is 0 Å². The van der Waals surface area contributed by atoms with E-state index >= 15 is 0 Å². The van der Waals surface area contributed by atoms with Gasteiger partial charge in [0.25, 0.3) is 0 Å². The molecule has 1 atom stereocenters. The van der Waals surface area contributed by atoms with Crippen LogP contribution in [0.25, 0.3) is 0 Å². The second-order valence-electron chi connectivity index (χ2n) is 4.47. The van der Waals surface area contributed by atoms with Crippen molar-refractivity contribution in [1.29, 1.82) is 0 Å². The topological polar surface area (TPSA) is 38.0 Å². The summed E-state index contributed by atoms with van der Waals surface area (Å²) in [5.41, 5.74) is 8.31. The zero-order valence-corrected chi connectivity index (χ0v) is 11.4. The summed E-state index contributed by atoms with van der Waals surface area (Å²) in [6.45, 7) is 2.30. The van der Waals surface area contributed by atoms with Crippen LogP contribution < -0.4 is 11.1 Å². The van der Waals surface area contributed by atoms with Crippen LogP contribution in [0.2, 0.25) is 5.02 Å². The third-order valence-electron chi connectivity index (χ3n) is 2.93. The second-order valence-corrected chi connectivity index (χ2v) is 4.90. The Hall–Kier alpha value is -1.58. The van der Waals surface area contributed by atoms with Crippen LogP contribution in [0.3, 0.4) is 0 Å². The number of halogens is 2. The van der Waals surface area contributed by atoms with Gasteiger partial charge in [-0.05, 0) is 36.8 Å². The van der Waals surface area contributed by atoms with Gasteiger partial charge in [0.2, 0.25) is 0 Å². The molecule has 0 amide bonds. The molecule has 0 aliphatic rings.